The topological polar surface area (TPSA) is 76.7 Å². The normalized spacial score (nSPS) is 10.2. The van der Waals surface area contributed by atoms with Crippen molar-refractivity contribution < 1.29 is 19.1 Å². The standard InChI is InChI=1S/C19H21ClN2O4/c1-12-5-7-16(25-3)15(8-12)22-18(23)10-21-19(24)11-26-17-9-13(2)4-6-14(17)20/h4-9H,10-11H2,1-3H3,(H,21,24)(H,22,23). The summed E-state index contributed by atoms with van der Waals surface area (Å²) in [6.45, 7) is 3.39. The second kappa shape index (κ2) is 9.10. The van der Waals surface area contributed by atoms with Gasteiger partial charge in [0.25, 0.3) is 5.91 Å². The minimum atomic E-state index is -0.422. The van der Waals surface area contributed by atoms with Gasteiger partial charge in [-0.25, -0.2) is 0 Å². The van der Waals surface area contributed by atoms with Crippen LogP contribution in [-0.2, 0) is 9.59 Å². The molecule has 2 amide bonds. The lowest BCUT2D eigenvalue weighted by molar-refractivity contribution is -0.125. The number of aryl methyl sites for hydroxylation is 2. The molecule has 138 valence electrons. The van der Waals surface area contributed by atoms with E-state index < -0.39 is 5.91 Å². The Hall–Kier alpha value is -2.73. The number of anilines is 1. The van der Waals surface area contributed by atoms with E-state index in [1.54, 1.807) is 24.3 Å². The van der Waals surface area contributed by atoms with Crippen molar-refractivity contribution in [3.05, 3.63) is 52.5 Å². The monoisotopic (exact) mass is 376 g/mol. The van der Waals surface area contributed by atoms with Gasteiger partial charge in [0.1, 0.15) is 11.5 Å². The van der Waals surface area contributed by atoms with Gasteiger partial charge in [-0.1, -0.05) is 23.7 Å². The van der Waals surface area contributed by atoms with E-state index in [4.69, 9.17) is 21.1 Å². The third-order valence-electron chi connectivity index (χ3n) is 3.52. The molecule has 2 N–H and O–H groups in total. The van der Waals surface area contributed by atoms with Crippen LogP contribution in [0.15, 0.2) is 36.4 Å². The van der Waals surface area contributed by atoms with Crippen molar-refractivity contribution in [3.63, 3.8) is 0 Å². The van der Waals surface area contributed by atoms with E-state index in [2.05, 4.69) is 10.6 Å². The Bertz CT molecular complexity index is 808. The predicted molar refractivity (Wildman–Crippen MR) is 101 cm³/mol. The lowest BCUT2D eigenvalue weighted by Gasteiger charge is -2.12. The van der Waals surface area contributed by atoms with Gasteiger partial charge in [0, 0.05) is 0 Å². The van der Waals surface area contributed by atoms with Gasteiger partial charge in [-0.2, -0.15) is 0 Å². The summed E-state index contributed by atoms with van der Waals surface area (Å²) in [5.41, 5.74) is 2.50. The molecule has 7 heteroatoms. The van der Waals surface area contributed by atoms with Crippen LogP contribution >= 0.6 is 11.6 Å². The number of carbonyl (C=O) groups excluding carboxylic acids is 2. The molecule has 0 aliphatic carbocycles. The Kier molecular flexibility index (Phi) is 6.86. The zero-order valence-electron chi connectivity index (χ0n) is 14.9. The van der Waals surface area contributed by atoms with E-state index in [0.29, 0.717) is 22.2 Å². The molecule has 2 rings (SSSR count). The van der Waals surface area contributed by atoms with Crippen molar-refractivity contribution in [2.75, 3.05) is 25.6 Å². The van der Waals surface area contributed by atoms with Gasteiger partial charge in [-0.15, -0.1) is 0 Å². The summed E-state index contributed by atoms with van der Waals surface area (Å²) in [6, 6.07) is 10.7. The van der Waals surface area contributed by atoms with Crippen molar-refractivity contribution in [1.82, 2.24) is 5.32 Å². The van der Waals surface area contributed by atoms with Gasteiger partial charge >= 0.3 is 0 Å². The Morgan fingerprint density at radius 2 is 1.69 bits per heavy atom. The van der Waals surface area contributed by atoms with Gasteiger partial charge in [0.2, 0.25) is 5.91 Å². The number of halogens is 1. The van der Waals surface area contributed by atoms with E-state index in [9.17, 15) is 9.59 Å². The highest BCUT2D eigenvalue weighted by Gasteiger charge is 2.11. The van der Waals surface area contributed by atoms with Crippen LogP contribution in [0.1, 0.15) is 11.1 Å². The Balaban J connectivity index is 1.82. The maximum Gasteiger partial charge on any atom is 0.258 e. The third-order valence-corrected chi connectivity index (χ3v) is 3.83. The van der Waals surface area contributed by atoms with Crippen molar-refractivity contribution in [3.8, 4) is 11.5 Å². The number of rotatable bonds is 7. The van der Waals surface area contributed by atoms with E-state index >= 15 is 0 Å². The largest absolute Gasteiger partial charge is 0.495 e. The molecular weight excluding hydrogens is 356 g/mol. The number of carbonyl (C=O) groups is 2. The van der Waals surface area contributed by atoms with Crippen LogP contribution in [0.4, 0.5) is 5.69 Å². The minimum absolute atomic E-state index is 0.180. The number of amides is 2. The van der Waals surface area contributed by atoms with E-state index in [0.717, 1.165) is 11.1 Å². The van der Waals surface area contributed by atoms with Crippen molar-refractivity contribution in [2.24, 2.45) is 0 Å². The second-order valence-corrected chi connectivity index (χ2v) is 6.16. The van der Waals surface area contributed by atoms with Crippen molar-refractivity contribution >= 4 is 29.1 Å². The number of benzene rings is 2. The van der Waals surface area contributed by atoms with Gasteiger partial charge in [-0.3, -0.25) is 9.59 Å². The van der Waals surface area contributed by atoms with Crippen LogP contribution in [-0.4, -0.2) is 32.1 Å². The lowest BCUT2D eigenvalue weighted by atomic mass is 10.2. The molecule has 2 aromatic rings. The first kappa shape index (κ1) is 19.6. The molecule has 6 nitrogen and oxygen atoms in total. The molecule has 2 aromatic carbocycles. The molecule has 0 saturated heterocycles. The van der Waals surface area contributed by atoms with Crippen LogP contribution in [0.25, 0.3) is 0 Å². The molecule has 0 radical (unpaired) electrons. The second-order valence-electron chi connectivity index (χ2n) is 5.75. The first-order valence-electron chi connectivity index (χ1n) is 7.99. The maximum atomic E-state index is 12.0. The molecule has 0 aliphatic rings. The van der Waals surface area contributed by atoms with Gasteiger partial charge in [0.05, 0.1) is 24.4 Å². The molecule has 0 atom stereocenters. The lowest BCUT2D eigenvalue weighted by Crippen LogP contribution is -2.35. The molecule has 0 unspecified atom stereocenters. The minimum Gasteiger partial charge on any atom is -0.495 e. The average Bonchev–Trinajstić information content (AvgIpc) is 2.61. The summed E-state index contributed by atoms with van der Waals surface area (Å²) >= 11 is 6.01. The quantitative estimate of drug-likeness (QED) is 0.778. The zero-order valence-corrected chi connectivity index (χ0v) is 15.6. The highest BCUT2D eigenvalue weighted by Crippen LogP contribution is 2.25. The molecular formula is C19H21ClN2O4. The highest BCUT2D eigenvalue weighted by atomic mass is 35.5. The number of methoxy groups -OCH3 is 1. The smallest absolute Gasteiger partial charge is 0.258 e. The van der Waals surface area contributed by atoms with E-state index in [1.165, 1.54) is 7.11 Å². The molecule has 0 heterocycles. The first-order valence-corrected chi connectivity index (χ1v) is 8.37. The molecule has 0 bridgehead atoms. The molecule has 0 saturated carbocycles. The maximum absolute atomic E-state index is 12.0. The SMILES string of the molecule is COc1ccc(C)cc1NC(=O)CNC(=O)COc1cc(C)ccc1Cl. The molecule has 0 aliphatic heterocycles. The summed E-state index contributed by atoms with van der Waals surface area (Å²) < 4.78 is 10.6. The fourth-order valence-electron chi connectivity index (χ4n) is 2.21. The van der Waals surface area contributed by atoms with Crippen LogP contribution in [0.3, 0.4) is 0 Å². The van der Waals surface area contributed by atoms with Crippen LogP contribution in [0, 0.1) is 13.8 Å². The van der Waals surface area contributed by atoms with Crippen molar-refractivity contribution in [1.29, 1.82) is 0 Å². The zero-order chi connectivity index (χ0) is 19.1. The van der Waals surface area contributed by atoms with Gasteiger partial charge in [-0.05, 0) is 49.2 Å². The number of ether oxygens (including phenoxy) is 2. The molecule has 26 heavy (non-hydrogen) atoms. The van der Waals surface area contributed by atoms with E-state index in [1.807, 2.05) is 26.0 Å². The van der Waals surface area contributed by atoms with Crippen LogP contribution in [0.5, 0.6) is 11.5 Å². The van der Waals surface area contributed by atoms with E-state index in [-0.39, 0.29) is 19.1 Å². The average molecular weight is 377 g/mol. The summed E-state index contributed by atoms with van der Waals surface area (Å²) in [7, 11) is 1.52. The molecule has 0 fully saturated rings. The molecule has 0 aromatic heterocycles. The first-order chi connectivity index (χ1) is 12.4. The highest BCUT2D eigenvalue weighted by molar-refractivity contribution is 6.32. The summed E-state index contributed by atoms with van der Waals surface area (Å²) in [5, 5.41) is 5.63. The Labute approximate surface area is 157 Å². The summed E-state index contributed by atoms with van der Waals surface area (Å²) in [4.78, 5) is 23.9. The van der Waals surface area contributed by atoms with Gasteiger partial charge < -0.3 is 20.1 Å². The predicted octanol–water partition coefficient (Wildman–Crippen LogP) is 3.10. The molecule has 0 spiro atoms. The fourth-order valence-corrected chi connectivity index (χ4v) is 2.38. The van der Waals surface area contributed by atoms with Crippen molar-refractivity contribution in [2.45, 2.75) is 13.8 Å². The van der Waals surface area contributed by atoms with Crippen LogP contribution < -0.4 is 20.1 Å². The number of hydrogen-bond donors (Lipinski definition) is 2. The Morgan fingerprint density at radius 3 is 2.42 bits per heavy atom. The Morgan fingerprint density at radius 1 is 1.00 bits per heavy atom. The number of hydrogen-bond acceptors (Lipinski definition) is 4. The van der Waals surface area contributed by atoms with Crippen LogP contribution in [0.2, 0.25) is 5.02 Å². The number of nitrogens with one attached hydrogen (secondary N) is 2. The fraction of sp³-hybridized carbons (Fsp3) is 0.263. The summed E-state index contributed by atoms with van der Waals surface area (Å²) in [6.07, 6.45) is 0. The van der Waals surface area contributed by atoms with Gasteiger partial charge in [0.15, 0.2) is 6.61 Å². The summed E-state index contributed by atoms with van der Waals surface area (Å²) in [5.74, 6) is 0.188. The third kappa shape index (κ3) is 5.67.